The molecular formula is C16H21NO3. The molecule has 1 aromatic carbocycles. The van der Waals surface area contributed by atoms with Crippen molar-refractivity contribution in [1.29, 1.82) is 0 Å². The van der Waals surface area contributed by atoms with Crippen LogP contribution in [0.2, 0.25) is 0 Å². The molecule has 0 fully saturated rings. The molecule has 1 N–H and O–H groups in total. The number of aldehydes is 1. The molecule has 1 amide bonds. The largest absolute Gasteiger partial charge is 0.444 e. The lowest BCUT2D eigenvalue weighted by atomic mass is 9.98. The maximum Gasteiger partial charge on any atom is 0.408 e. The number of carbonyl (C=O) groups excluding carboxylic acids is 2. The maximum atomic E-state index is 11.8. The van der Waals surface area contributed by atoms with E-state index in [1.165, 1.54) is 11.1 Å². The first-order valence-corrected chi connectivity index (χ1v) is 6.96. The van der Waals surface area contributed by atoms with Gasteiger partial charge in [0.15, 0.2) is 0 Å². The molecule has 20 heavy (non-hydrogen) atoms. The zero-order valence-corrected chi connectivity index (χ0v) is 12.2. The van der Waals surface area contributed by atoms with Crippen LogP contribution in [0.3, 0.4) is 0 Å². The second kappa shape index (κ2) is 5.65. The van der Waals surface area contributed by atoms with Crippen LogP contribution in [0, 0.1) is 0 Å². The van der Waals surface area contributed by atoms with Gasteiger partial charge in [0.05, 0.1) is 0 Å². The number of ether oxygens (including phenoxy) is 1. The Morgan fingerprint density at radius 2 is 2.10 bits per heavy atom. The summed E-state index contributed by atoms with van der Waals surface area (Å²) in [7, 11) is 0. The van der Waals surface area contributed by atoms with Gasteiger partial charge in [-0.25, -0.2) is 4.79 Å². The first kappa shape index (κ1) is 14.6. The summed E-state index contributed by atoms with van der Waals surface area (Å²) in [5.74, 6) is 0. The number of alkyl carbamates (subject to hydrolysis) is 1. The van der Waals surface area contributed by atoms with E-state index in [1.807, 2.05) is 12.1 Å². The number of amides is 1. The van der Waals surface area contributed by atoms with Gasteiger partial charge in [0, 0.05) is 0 Å². The number of benzene rings is 1. The van der Waals surface area contributed by atoms with Gasteiger partial charge in [-0.05, 0) is 56.7 Å². The second-order valence-corrected chi connectivity index (χ2v) is 6.10. The summed E-state index contributed by atoms with van der Waals surface area (Å²) >= 11 is 0. The molecule has 0 radical (unpaired) electrons. The highest BCUT2D eigenvalue weighted by molar-refractivity contribution is 5.75. The van der Waals surface area contributed by atoms with Crippen molar-refractivity contribution in [2.45, 2.75) is 51.7 Å². The molecule has 0 bridgehead atoms. The van der Waals surface area contributed by atoms with Crippen molar-refractivity contribution >= 4 is 12.4 Å². The zero-order chi connectivity index (χ0) is 14.8. The summed E-state index contributed by atoms with van der Waals surface area (Å²) in [5.41, 5.74) is 2.79. The fourth-order valence-electron chi connectivity index (χ4n) is 2.56. The number of aryl methyl sites for hydroxylation is 1. The second-order valence-electron chi connectivity index (χ2n) is 6.10. The molecular weight excluding hydrogens is 254 g/mol. The minimum Gasteiger partial charge on any atom is -0.444 e. The van der Waals surface area contributed by atoms with Crippen LogP contribution in [0.5, 0.6) is 0 Å². The molecule has 1 aliphatic rings. The van der Waals surface area contributed by atoms with Crippen molar-refractivity contribution in [3.05, 3.63) is 34.9 Å². The Labute approximate surface area is 119 Å². The summed E-state index contributed by atoms with van der Waals surface area (Å²) in [5, 5.41) is 2.64. The van der Waals surface area contributed by atoms with Crippen LogP contribution in [0.4, 0.5) is 4.79 Å². The highest BCUT2D eigenvalue weighted by Crippen LogP contribution is 2.28. The average molecular weight is 275 g/mol. The van der Waals surface area contributed by atoms with Crippen LogP contribution in [-0.2, 0) is 22.4 Å². The smallest absolute Gasteiger partial charge is 0.408 e. The quantitative estimate of drug-likeness (QED) is 0.863. The van der Waals surface area contributed by atoms with Gasteiger partial charge in [0.25, 0.3) is 0 Å². The molecule has 2 rings (SSSR count). The third kappa shape index (κ3) is 3.38. The topological polar surface area (TPSA) is 55.4 Å². The van der Waals surface area contributed by atoms with Crippen LogP contribution >= 0.6 is 0 Å². The monoisotopic (exact) mass is 275 g/mol. The van der Waals surface area contributed by atoms with Crippen LogP contribution in [0.1, 0.15) is 49.9 Å². The van der Waals surface area contributed by atoms with Gasteiger partial charge in [0.2, 0.25) is 0 Å². The van der Waals surface area contributed by atoms with Gasteiger partial charge in [0.1, 0.15) is 17.9 Å². The molecule has 1 atom stereocenters. The number of rotatable bonds is 3. The van der Waals surface area contributed by atoms with Gasteiger partial charge < -0.3 is 14.8 Å². The van der Waals surface area contributed by atoms with E-state index in [0.29, 0.717) is 0 Å². The Morgan fingerprint density at radius 3 is 2.75 bits per heavy atom. The van der Waals surface area contributed by atoms with Crippen molar-refractivity contribution in [1.82, 2.24) is 5.32 Å². The maximum absolute atomic E-state index is 11.8. The first-order chi connectivity index (χ1) is 9.40. The van der Waals surface area contributed by atoms with E-state index < -0.39 is 17.7 Å². The number of nitrogens with one attached hydrogen (secondary N) is 1. The average Bonchev–Trinajstić information content (AvgIpc) is 2.81. The molecule has 0 spiro atoms. The number of fused-ring (bicyclic) bond motifs is 1. The molecule has 0 saturated heterocycles. The molecule has 108 valence electrons. The van der Waals surface area contributed by atoms with Crippen LogP contribution in [0.15, 0.2) is 18.2 Å². The normalized spacial score (nSPS) is 15.3. The van der Waals surface area contributed by atoms with E-state index in [4.69, 9.17) is 4.74 Å². The third-order valence-corrected chi connectivity index (χ3v) is 3.33. The van der Waals surface area contributed by atoms with E-state index in [2.05, 4.69) is 11.4 Å². The van der Waals surface area contributed by atoms with Gasteiger partial charge in [-0.15, -0.1) is 0 Å². The van der Waals surface area contributed by atoms with E-state index >= 15 is 0 Å². The lowest BCUT2D eigenvalue weighted by molar-refractivity contribution is -0.109. The van der Waals surface area contributed by atoms with Gasteiger partial charge in [-0.3, -0.25) is 0 Å². The fraction of sp³-hybridized carbons (Fsp3) is 0.500. The molecule has 4 nitrogen and oxygen atoms in total. The molecule has 0 heterocycles. The number of hydrogen-bond donors (Lipinski definition) is 1. The van der Waals surface area contributed by atoms with E-state index in [9.17, 15) is 9.59 Å². The third-order valence-electron chi connectivity index (χ3n) is 3.33. The Bertz CT molecular complexity index is 517. The van der Waals surface area contributed by atoms with Crippen LogP contribution in [0.25, 0.3) is 0 Å². The number of carbonyl (C=O) groups is 2. The van der Waals surface area contributed by atoms with E-state index in [0.717, 1.165) is 31.1 Å². The molecule has 1 aromatic rings. The summed E-state index contributed by atoms with van der Waals surface area (Å²) in [6.45, 7) is 5.38. The molecule has 0 aromatic heterocycles. The van der Waals surface area contributed by atoms with Crippen molar-refractivity contribution in [3.8, 4) is 0 Å². The highest BCUT2D eigenvalue weighted by Gasteiger charge is 2.24. The molecule has 1 unspecified atom stereocenters. The summed E-state index contributed by atoms with van der Waals surface area (Å²) in [6.07, 6.45) is 3.31. The molecule has 1 aliphatic carbocycles. The SMILES string of the molecule is CC(C)(C)OC(=O)NC(C=O)c1cccc2c1CCC2. The van der Waals surface area contributed by atoms with E-state index in [-0.39, 0.29) is 0 Å². The van der Waals surface area contributed by atoms with Crippen LogP contribution < -0.4 is 5.32 Å². The summed E-state index contributed by atoms with van der Waals surface area (Å²) in [4.78, 5) is 23.1. The van der Waals surface area contributed by atoms with Gasteiger partial charge >= 0.3 is 6.09 Å². The summed E-state index contributed by atoms with van der Waals surface area (Å²) < 4.78 is 5.20. The Balaban J connectivity index is 2.15. The Hall–Kier alpha value is -1.84. The standard InChI is InChI=1S/C16H21NO3/c1-16(2,3)20-15(19)17-14(10-18)13-9-5-7-11-6-4-8-12(11)13/h5,7,9-10,14H,4,6,8H2,1-3H3,(H,17,19). The lowest BCUT2D eigenvalue weighted by Crippen LogP contribution is -2.35. The zero-order valence-electron chi connectivity index (χ0n) is 12.2. The molecule has 0 saturated carbocycles. The van der Waals surface area contributed by atoms with E-state index in [1.54, 1.807) is 20.8 Å². The van der Waals surface area contributed by atoms with Gasteiger partial charge in [-0.2, -0.15) is 0 Å². The van der Waals surface area contributed by atoms with Crippen LogP contribution in [-0.4, -0.2) is 18.0 Å². The fourth-order valence-corrected chi connectivity index (χ4v) is 2.56. The number of hydrogen-bond acceptors (Lipinski definition) is 3. The van der Waals surface area contributed by atoms with Crippen molar-refractivity contribution in [3.63, 3.8) is 0 Å². The predicted molar refractivity (Wildman–Crippen MR) is 76.6 cm³/mol. The predicted octanol–water partition coefficient (Wildman–Crippen LogP) is 2.94. The highest BCUT2D eigenvalue weighted by atomic mass is 16.6. The molecule has 4 heteroatoms. The summed E-state index contributed by atoms with van der Waals surface area (Å²) in [6, 6.07) is 5.28. The van der Waals surface area contributed by atoms with Crippen molar-refractivity contribution in [2.24, 2.45) is 0 Å². The lowest BCUT2D eigenvalue weighted by Gasteiger charge is -2.22. The Kier molecular flexibility index (Phi) is 4.12. The first-order valence-electron chi connectivity index (χ1n) is 6.96. The Morgan fingerprint density at radius 1 is 1.35 bits per heavy atom. The van der Waals surface area contributed by atoms with Crippen molar-refractivity contribution < 1.29 is 14.3 Å². The minimum absolute atomic E-state index is 0.565. The minimum atomic E-state index is -0.641. The van der Waals surface area contributed by atoms with Gasteiger partial charge in [-0.1, -0.05) is 18.2 Å². The molecule has 0 aliphatic heterocycles. The van der Waals surface area contributed by atoms with Crippen molar-refractivity contribution in [2.75, 3.05) is 0 Å².